The van der Waals surface area contributed by atoms with E-state index in [1.54, 1.807) is 6.07 Å². The average Bonchev–Trinajstić information content (AvgIpc) is 3.02. The van der Waals surface area contributed by atoms with Crippen LogP contribution in [0.2, 0.25) is 10.0 Å². The maximum atomic E-state index is 12.7. The van der Waals surface area contributed by atoms with Gasteiger partial charge in [-0.2, -0.15) is 0 Å². The third-order valence-electron chi connectivity index (χ3n) is 6.82. The molecule has 1 aliphatic heterocycles. The molecule has 2 aromatic carbocycles. The van der Waals surface area contributed by atoms with E-state index in [2.05, 4.69) is 31.3 Å². The number of hydrogen-bond donors (Lipinski definition) is 1. The Morgan fingerprint density at radius 2 is 1.81 bits per heavy atom. The molecule has 2 aliphatic rings. The molecule has 4 nitrogen and oxygen atoms in total. The Bertz CT molecular complexity index is 991. The van der Waals surface area contributed by atoms with Crippen molar-refractivity contribution in [3.8, 4) is 5.75 Å². The molecule has 0 spiro atoms. The number of benzene rings is 2. The molecule has 31 heavy (non-hydrogen) atoms. The zero-order valence-electron chi connectivity index (χ0n) is 17.9. The van der Waals surface area contributed by atoms with Gasteiger partial charge >= 0.3 is 0 Å². The lowest BCUT2D eigenvalue weighted by Gasteiger charge is -2.44. The highest BCUT2D eigenvalue weighted by Gasteiger charge is 2.53. The van der Waals surface area contributed by atoms with Gasteiger partial charge in [-0.25, -0.2) is 0 Å². The van der Waals surface area contributed by atoms with E-state index >= 15 is 0 Å². The van der Waals surface area contributed by atoms with Gasteiger partial charge in [-0.05, 0) is 79.3 Å². The quantitative estimate of drug-likeness (QED) is 0.630. The van der Waals surface area contributed by atoms with Crippen molar-refractivity contribution < 1.29 is 14.3 Å². The molecule has 6 heteroatoms. The Labute approximate surface area is 193 Å². The van der Waals surface area contributed by atoms with Crippen LogP contribution in [0.1, 0.15) is 50.2 Å². The summed E-state index contributed by atoms with van der Waals surface area (Å²) in [5.41, 5.74) is 2.22. The molecule has 2 aromatic rings. The van der Waals surface area contributed by atoms with E-state index < -0.39 is 0 Å². The second-order valence-electron chi connectivity index (χ2n) is 8.97. The van der Waals surface area contributed by atoms with Gasteiger partial charge in [0.2, 0.25) is 5.91 Å². The predicted molar refractivity (Wildman–Crippen MR) is 123 cm³/mol. The fourth-order valence-corrected chi connectivity index (χ4v) is 6.02. The number of hydrogen-bond acceptors (Lipinski definition) is 3. The third kappa shape index (κ3) is 4.33. The Morgan fingerprint density at radius 3 is 2.45 bits per heavy atom. The number of nitrogens with one attached hydrogen (secondary N) is 1. The minimum Gasteiger partial charge on any atom is -0.486 e. The summed E-state index contributed by atoms with van der Waals surface area (Å²) in [7, 11) is 0. The Morgan fingerprint density at radius 1 is 1.10 bits per heavy atom. The second kappa shape index (κ2) is 8.84. The molecule has 0 bridgehead atoms. The molecular weight excluding hydrogens is 433 g/mol. The number of fused-ring (bicyclic) bond motifs is 1. The van der Waals surface area contributed by atoms with Crippen LogP contribution in [0.5, 0.6) is 5.75 Å². The molecule has 1 heterocycles. The van der Waals surface area contributed by atoms with Gasteiger partial charge in [0.15, 0.2) is 5.78 Å². The van der Waals surface area contributed by atoms with E-state index in [0.717, 1.165) is 12.0 Å². The number of rotatable bonds is 5. The van der Waals surface area contributed by atoms with E-state index in [-0.39, 0.29) is 53.9 Å². The number of ether oxygens (including phenoxy) is 1. The summed E-state index contributed by atoms with van der Waals surface area (Å²) in [5.74, 6) is 1.39. The predicted octanol–water partition coefficient (Wildman–Crippen LogP) is 5.62. The molecular formula is C25H27Cl2NO3. The Hall–Kier alpha value is -2.04. The average molecular weight is 460 g/mol. The first-order chi connectivity index (χ1) is 14.8. The maximum Gasteiger partial charge on any atom is 0.223 e. The first kappa shape index (κ1) is 22.2. The van der Waals surface area contributed by atoms with Gasteiger partial charge in [0, 0.05) is 22.0 Å². The molecule has 0 aromatic heterocycles. The van der Waals surface area contributed by atoms with Gasteiger partial charge in [0.1, 0.15) is 12.4 Å². The van der Waals surface area contributed by atoms with Crippen molar-refractivity contribution in [1.29, 1.82) is 0 Å². The van der Waals surface area contributed by atoms with Crippen LogP contribution in [0, 0.1) is 17.8 Å². The van der Waals surface area contributed by atoms with Gasteiger partial charge in [-0.3, -0.25) is 9.59 Å². The summed E-state index contributed by atoms with van der Waals surface area (Å²) < 4.78 is 5.53. The highest BCUT2D eigenvalue weighted by molar-refractivity contribution is 6.31. The number of Topliss-reactive ketones (excluding diaryl/α,β-unsaturated/α-hetero) is 1. The van der Waals surface area contributed by atoms with E-state index in [0.29, 0.717) is 15.8 Å². The first-order valence-corrected chi connectivity index (χ1v) is 11.5. The van der Waals surface area contributed by atoms with Crippen LogP contribution >= 0.6 is 23.2 Å². The monoisotopic (exact) mass is 459 g/mol. The summed E-state index contributed by atoms with van der Waals surface area (Å²) in [6, 6.07) is 13.7. The van der Waals surface area contributed by atoms with Crippen LogP contribution in [-0.2, 0) is 9.59 Å². The number of amides is 1. The molecule has 0 radical (unpaired) electrons. The lowest BCUT2D eigenvalue weighted by Crippen LogP contribution is -2.39. The van der Waals surface area contributed by atoms with Crippen molar-refractivity contribution in [2.75, 3.05) is 6.61 Å². The number of carbonyl (C=O) groups is 2. The first-order valence-electron chi connectivity index (χ1n) is 10.7. The summed E-state index contributed by atoms with van der Waals surface area (Å²) >= 11 is 12.9. The van der Waals surface area contributed by atoms with Crippen molar-refractivity contribution in [3.05, 3.63) is 63.6 Å². The minimum atomic E-state index is -0.0393. The van der Waals surface area contributed by atoms with Crippen molar-refractivity contribution in [2.24, 2.45) is 17.8 Å². The van der Waals surface area contributed by atoms with Crippen LogP contribution in [0.25, 0.3) is 0 Å². The van der Waals surface area contributed by atoms with E-state index in [1.807, 2.05) is 24.3 Å². The summed E-state index contributed by atoms with van der Waals surface area (Å²) in [5, 5.41) is 4.49. The van der Waals surface area contributed by atoms with E-state index in [4.69, 9.17) is 27.9 Å². The zero-order chi connectivity index (χ0) is 22.3. The van der Waals surface area contributed by atoms with Gasteiger partial charge in [0.05, 0.1) is 0 Å². The zero-order valence-corrected chi connectivity index (χ0v) is 19.4. The van der Waals surface area contributed by atoms with Gasteiger partial charge in [-0.1, -0.05) is 48.3 Å². The van der Waals surface area contributed by atoms with Crippen LogP contribution in [0.15, 0.2) is 42.5 Å². The molecule has 0 unspecified atom stereocenters. The fourth-order valence-electron chi connectivity index (χ4n) is 5.58. The van der Waals surface area contributed by atoms with Crippen LogP contribution in [-0.4, -0.2) is 24.3 Å². The van der Waals surface area contributed by atoms with Gasteiger partial charge < -0.3 is 10.1 Å². The second-order valence-corrected chi connectivity index (χ2v) is 9.81. The molecule has 1 amide bonds. The normalized spacial score (nSPS) is 29.9. The van der Waals surface area contributed by atoms with Crippen LogP contribution in [0.3, 0.4) is 0 Å². The highest BCUT2D eigenvalue weighted by atomic mass is 35.5. The van der Waals surface area contributed by atoms with E-state index in [9.17, 15) is 9.59 Å². The lowest BCUT2D eigenvalue weighted by molar-refractivity contribution is -0.125. The topological polar surface area (TPSA) is 55.4 Å². The van der Waals surface area contributed by atoms with Gasteiger partial charge in [0.25, 0.3) is 0 Å². The van der Waals surface area contributed by atoms with Crippen molar-refractivity contribution in [2.45, 2.75) is 45.1 Å². The molecule has 1 aliphatic carbocycles. The summed E-state index contributed by atoms with van der Waals surface area (Å²) in [6.07, 6.45) is 0.863. The van der Waals surface area contributed by atoms with Crippen molar-refractivity contribution >= 4 is 34.9 Å². The Kier molecular flexibility index (Phi) is 6.32. The lowest BCUT2D eigenvalue weighted by atomic mass is 9.58. The van der Waals surface area contributed by atoms with Gasteiger partial charge in [-0.15, -0.1) is 0 Å². The molecule has 6 atom stereocenters. The third-order valence-corrected chi connectivity index (χ3v) is 7.40. The minimum absolute atomic E-state index is 0.0103. The fraction of sp³-hybridized carbons (Fsp3) is 0.440. The smallest absolute Gasteiger partial charge is 0.223 e. The SMILES string of the molecule is CC(=O)COc1ccc([C@@H]2C[C@@H](C)[C@H]3C(=O)N[C@H](C)[C@H]3[C@H]2c2ccc(Cl)cc2)c(Cl)c1. The largest absolute Gasteiger partial charge is 0.486 e. The standard InChI is InChI=1S/C25H27Cl2NO3/c1-13-10-20(19-9-8-18(11-21(19)27)31-12-14(2)29)24(16-4-6-17(26)7-5-16)23-15(3)28-25(30)22(13)23/h4-9,11,13,15,20,22-24H,10,12H2,1-3H3,(H,28,30)/t13-,15-,20+,22-,23-,24+/m1/s1. The van der Waals surface area contributed by atoms with Crippen LogP contribution < -0.4 is 10.1 Å². The highest BCUT2D eigenvalue weighted by Crippen LogP contribution is 2.56. The molecule has 1 saturated heterocycles. The number of halogens is 2. The molecule has 1 N–H and O–H groups in total. The summed E-state index contributed by atoms with van der Waals surface area (Å²) in [4.78, 5) is 24.0. The Balaban J connectivity index is 1.75. The van der Waals surface area contributed by atoms with Crippen LogP contribution in [0.4, 0.5) is 0 Å². The van der Waals surface area contributed by atoms with Crippen molar-refractivity contribution in [3.63, 3.8) is 0 Å². The number of ketones is 1. The van der Waals surface area contributed by atoms with Crippen molar-refractivity contribution in [1.82, 2.24) is 5.32 Å². The molecule has 1 saturated carbocycles. The molecule has 4 rings (SSSR count). The molecule has 2 fully saturated rings. The molecule has 164 valence electrons. The maximum absolute atomic E-state index is 12.7. The van der Waals surface area contributed by atoms with E-state index in [1.165, 1.54) is 12.5 Å². The number of carbonyl (C=O) groups excluding carboxylic acids is 2. The summed E-state index contributed by atoms with van der Waals surface area (Å²) in [6.45, 7) is 5.78.